The Morgan fingerprint density at radius 1 is 1.20 bits per heavy atom. The number of aryl methyl sites for hydroxylation is 1. The lowest BCUT2D eigenvalue weighted by Gasteiger charge is -2.36. The molecule has 0 amide bonds. The van der Waals surface area contributed by atoms with Crippen molar-refractivity contribution in [2.24, 2.45) is 18.2 Å². The van der Waals surface area contributed by atoms with E-state index in [2.05, 4.69) is 23.8 Å². The van der Waals surface area contributed by atoms with Gasteiger partial charge >= 0.3 is 0 Å². The van der Waals surface area contributed by atoms with Crippen molar-refractivity contribution >= 4 is 37.2 Å². The van der Waals surface area contributed by atoms with Crippen molar-refractivity contribution in [2.45, 2.75) is 39.8 Å². The molecule has 0 bridgehead atoms. The zero-order chi connectivity index (χ0) is 12.5. The molecule has 2 N–H and O–H groups in total. The lowest BCUT2D eigenvalue weighted by atomic mass is 9.82. The van der Waals surface area contributed by atoms with Crippen LogP contribution in [0.25, 0.3) is 0 Å². The highest BCUT2D eigenvalue weighted by molar-refractivity contribution is 5.86. The SMILES string of the molecule is Cl.Cl.Cl.Cn1ncc(CN)c1CN1CCC(C)(C)CC1. The summed E-state index contributed by atoms with van der Waals surface area (Å²) in [7, 11) is 2.00. The van der Waals surface area contributed by atoms with Gasteiger partial charge in [0.1, 0.15) is 0 Å². The molecule has 0 aromatic carbocycles. The van der Waals surface area contributed by atoms with Crippen molar-refractivity contribution in [3.8, 4) is 0 Å². The molecule has 2 heterocycles. The van der Waals surface area contributed by atoms with Gasteiger partial charge in [0.15, 0.2) is 0 Å². The summed E-state index contributed by atoms with van der Waals surface area (Å²) in [5.74, 6) is 0. The second-order valence-corrected chi connectivity index (χ2v) is 5.88. The van der Waals surface area contributed by atoms with E-state index in [4.69, 9.17) is 5.73 Å². The molecule has 1 aromatic rings. The second kappa shape index (κ2) is 9.11. The third-order valence-corrected chi connectivity index (χ3v) is 3.95. The fourth-order valence-corrected chi connectivity index (χ4v) is 2.41. The number of aromatic nitrogens is 2. The van der Waals surface area contributed by atoms with Crippen molar-refractivity contribution in [3.05, 3.63) is 17.5 Å². The molecule has 7 heteroatoms. The number of halogens is 3. The normalized spacial score (nSPS) is 17.6. The molecule has 1 aliphatic rings. The summed E-state index contributed by atoms with van der Waals surface area (Å²) in [5, 5.41) is 4.29. The predicted octanol–water partition coefficient (Wildman–Crippen LogP) is 2.77. The monoisotopic (exact) mass is 344 g/mol. The maximum Gasteiger partial charge on any atom is 0.0565 e. The minimum atomic E-state index is 0. The van der Waals surface area contributed by atoms with Crippen LogP contribution >= 0.6 is 37.2 Å². The minimum absolute atomic E-state index is 0. The Labute approximate surface area is 140 Å². The highest BCUT2D eigenvalue weighted by atomic mass is 35.5. The van der Waals surface area contributed by atoms with Crippen LogP contribution in [0.5, 0.6) is 0 Å². The van der Waals surface area contributed by atoms with Crippen molar-refractivity contribution in [3.63, 3.8) is 0 Å². The number of nitrogens with zero attached hydrogens (tertiary/aromatic N) is 3. The summed E-state index contributed by atoms with van der Waals surface area (Å²) in [5.41, 5.74) is 8.70. The maximum atomic E-state index is 5.74. The van der Waals surface area contributed by atoms with E-state index in [1.165, 1.54) is 37.2 Å². The molecule has 1 fully saturated rings. The first-order chi connectivity index (χ1) is 8.02. The lowest BCUT2D eigenvalue weighted by Crippen LogP contribution is -2.37. The Morgan fingerprint density at radius 3 is 2.25 bits per heavy atom. The molecule has 20 heavy (non-hydrogen) atoms. The van der Waals surface area contributed by atoms with Crippen LogP contribution in [0.2, 0.25) is 0 Å². The van der Waals surface area contributed by atoms with Crippen molar-refractivity contribution in [2.75, 3.05) is 13.1 Å². The molecule has 120 valence electrons. The Hall–Kier alpha value is -0.000000000000000104. The summed E-state index contributed by atoms with van der Waals surface area (Å²) in [4.78, 5) is 2.52. The predicted molar refractivity (Wildman–Crippen MR) is 91.1 cm³/mol. The molecule has 0 aliphatic carbocycles. The third-order valence-electron chi connectivity index (χ3n) is 3.95. The molecular formula is C13H27Cl3N4. The molecule has 4 nitrogen and oxygen atoms in total. The topological polar surface area (TPSA) is 47.1 Å². The molecule has 0 unspecified atom stereocenters. The molecule has 1 saturated heterocycles. The molecule has 0 spiro atoms. The molecule has 0 atom stereocenters. The van der Waals surface area contributed by atoms with Crippen LogP contribution in [0.4, 0.5) is 0 Å². The Bertz CT molecular complexity index is 383. The number of hydrogen-bond acceptors (Lipinski definition) is 3. The van der Waals surface area contributed by atoms with E-state index in [0.29, 0.717) is 12.0 Å². The fourth-order valence-electron chi connectivity index (χ4n) is 2.41. The summed E-state index contributed by atoms with van der Waals surface area (Å²) >= 11 is 0. The van der Waals surface area contributed by atoms with Gasteiger partial charge in [-0.15, -0.1) is 37.2 Å². The van der Waals surface area contributed by atoms with E-state index in [-0.39, 0.29) is 37.2 Å². The van der Waals surface area contributed by atoms with Crippen LogP contribution in [0.15, 0.2) is 6.20 Å². The Balaban J connectivity index is 0. The van der Waals surface area contributed by atoms with Gasteiger partial charge in [-0.1, -0.05) is 13.8 Å². The van der Waals surface area contributed by atoms with Gasteiger partial charge in [-0.2, -0.15) is 5.10 Å². The summed E-state index contributed by atoms with van der Waals surface area (Å²) in [6.07, 6.45) is 4.45. The summed E-state index contributed by atoms with van der Waals surface area (Å²) in [6, 6.07) is 0. The summed E-state index contributed by atoms with van der Waals surface area (Å²) < 4.78 is 1.96. The second-order valence-electron chi connectivity index (χ2n) is 5.88. The Morgan fingerprint density at radius 2 is 1.75 bits per heavy atom. The van der Waals surface area contributed by atoms with Gasteiger partial charge in [0.2, 0.25) is 0 Å². The van der Waals surface area contributed by atoms with Crippen LogP contribution in [0.1, 0.15) is 37.9 Å². The van der Waals surface area contributed by atoms with E-state index in [1.807, 2.05) is 17.9 Å². The van der Waals surface area contributed by atoms with Gasteiger partial charge in [0.25, 0.3) is 0 Å². The number of hydrogen-bond donors (Lipinski definition) is 1. The van der Waals surface area contributed by atoms with E-state index in [1.54, 1.807) is 0 Å². The van der Waals surface area contributed by atoms with Gasteiger partial charge < -0.3 is 5.73 Å². The Kier molecular flexibility index (Phi) is 10.1. The van der Waals surface area contributed by atoms with Crippen LogP contribution in [-0.4, -0.2) is 27.8 Å². The number of piperidine rings is 1. The van der Waals surface area contributed by atoms with E-state index in [0.717, 1.165) is 6.54 Å². The van der Waals surface area contributed by atoms with Crippen LogP contribution in [-0.2, 0) is 20.1 Å². The highest BCUT2D eigenvalue weighted by Crippen LogP contribution is 2.30. The molecule has 2 rings (SSSR count). The third kappa shape index (κ3) is 5.41. The van der Waals surface area contributed by atoms with E-state index < -0.39 is 0 Å². The zero-order valence-electron chi connectivity index (χ0n) is 12.5. The van der Waals surface area contributed by atoms with Crippen molar-refractivity contribution < 1.29 is 0 Å². The minimum Gasteiger partial charge on any atom is -0.326 e. The number of nitrogens with two attached hydrogens (primary N) is 1. The van der Waals surface area contributed by atoms with Gasteiger partial charge in [0, 0.05) is 25.7 Å². The first-order valence-electron chi connectivity index (χ1n) is 6.44. The quantitative estimate of drug-likeness (QED) is 0.916. The molecule has 0 radical (unpaired) electrons. The number of rotatable bonds is 3. The molecule has 0 saturated carbocycles. The molecular weight excluding hydrogens is 319 g/mol. The average Bonchev–Trinajstić information content (AvgIpc) is 2.63. The first-order valence-corrected chi connectivity index (χ1v) is 6.44. The van der Waals surface area contributed by atoms with Crippen molar-refractivity contribution in [1.29, 1.82) is 0 Å². The zero-order valence-corrected chi connectivity index (χ0v) is 14.9. The van der Waals surface area contributed by atoms with Gasteiger partial charge in [-0.3, -0.25) is 9.58 Å². The maximum absolute atomic E-state index is 5.74. The fraction of sp³-hybridized carbons (Fsp3) is 0.769. The van der Waals surface area contributed by atoms with E-state index in [9.17, 15) is 0 Å². The first kappa shape index (κ1) is 22.3. The molecule has 1 aromatic heterocycles. The standard InChI is InChI=1S/C13H24N4.3ClH/c1-13(2)4-6-17(7-5-13)10-12-11(8-14)9-15-16(12)3;;;/h9H,4-8,10,14H2,1-3H3;3*1H. The smallest absolute Gasteiger partial charge is 0.0565 e. The largest absolute Gasteiger partial charge is 0.326 e. The van der Waals surface area contributed by atoms with Gasteiger partial charge in [-0.05, 0) is 31.3 Å². The van der Waals surface area contributed by atoms with Crippen LogP contribution < -0.4 is 5.73 Å². The van der Waals surface area contributed by atoms with Gasteiger partial charge in [0.05, 0.1) is 11.9 Å². The van der Waals surface area contributed by atoms with Crippen molar-refractivity contribution in [1.82, 2.24) is 14.7 Å². The molecule has 1 aliphatic heterocycles. The highest BCUT2D eigenvalue weighted by Gasteiger charge is 2.26. The average molecular weight is 346 g/mol. The van der Waals surface area contributed by atoms with E-state index >= 15 is 0 Å². The summed E-state index contributed by atoms with van der Waals surface area (Å²) in [6.45, 7) is 8.66. The lowest BCUT2D eigenvalue weighted by molar-refractivity contribution is 0.124. The van der Waals surface area contributed by atoms with Crippen LogP contribution in [0, 0.1) is 5.41 Å². The van der Waals surface area contributed by atoms with Crippen LogP contribution in [0.3, 0.4) is 0 Å². The van der Waals surface area contributed by atoms with Gasteiger partial charge in [-0.25, -0.2) is 0 Å². The number of likely N-dealkylation sites (tertiary alicyclic amines) is 1.